The second kappa shape index (κ2) is 35.5. The quantitative estimate of drug-likeness (QED) is 0.0603. The van der Waals surface area contributed by atoms with Gasteiger partial charge in [0, 0.05) is 68.6 Å². The maximum Gasteiger partial charge on any atom is 0.131 e. The van der Waals surface area contributed by atoms with E-state index in [1.165, 1.54) is 0 Å². The Morgan fingerprint density at radius 2 is 0.281 bits per heavy atom. The summed E-state index contributed by atoms with van der Waals surface area (Å²) in [5.74, 6) is 10.7. The number of fused-ring (bicyclic) bond motifs is 8. The molecule has 5 heterocycles. The lowest BCUT2D eigenvalue weighted by molar-refractivity contribution is 0.460. The van der Waals surface area contributed by atoms with Crippen LogP contribution in [0.4, 0.5) is 0 Å². The summed E-state index contributed by atoms with van der Waals surface area (Å²) < 4.78 is 52.4. The van der Waals surface area contributed by atoms with E-state index in [9.17, 15) is 0 Å². The number of hydrogen-bond acceptors (Lipinski definition) is 10. The molecule has 0 saturated carbocycles. The topological polar surface area (TPSA) is 131 Å². The molecule has 0 radical (unpaired) electrons. The van der Waals surface area contributed by atoms with Gasteiger partial charge in [0.2, 0.25) is 0 Å². The Kier molecular flexibility index (Phi) is 21.6. The van der Waals surface area contributed by atoms with Crippen molar-refractivity contribution in [1.29, 1.82) is 0 Å². The summed E-state index contributed by atoms with van der Waals surface area (Å²) in [6.07, 6.45) is 8.51. The molecule has 19 aromatic rings. The molecule has 21 rings (SSSR count). The molecule has 0 aliphatic carbocycles. The third kappa shape index (κ3) is 17.7. The minimum atomic E-state index is 0.628. The lowest BCUT2D eigenvalue weighted by Gasteiger charge is -2.13. The molecule has 16 aromatic carbocycles. The van der Waals surface area contributed by atoms with E-state index in [1.54, 1.807) is 0 Å². The first-order valence-corrected chi connectivity index (χ1v) is 42.3. The minimum Gasteiger partial charge on any atom is -0.457 e. The summed E-state index contributed by atoms with van der Waals surface area (Å²) in [5, 5.41) is 0. The molecule has 0 unspecified atom stereocenters. The number of ether oxygens (including phenoxy) is 8. The van der Waals surface area contributed by atoms with Crippen molar-refractivity contribution in [1.82, 2.24) is 19.9 Å². The Morgan fingerprint density at radius 3 is 0.438 bits per heavy atom. The fourth-order valence-electron chi connectivity index (χ4n) is 16.2. The number of nitrogens with one attached hydrogen (secondary N) is 2. The number of para-hydroxylation sites is 8. The zero-order chi connectivity index (χ0) is 85.3. The van der Waals surface area contributed by atoms with E-state index in [-0.39, 0.29) is 0 Å². The predicted molar refractivity (Wildman–Crippen MR) is 514 cm³/mol. The lowest BCUT2D eigenvalue weighted by atomic mass is 9.98. The van der Waals surface area contributed by atoms with Crippen molar-refractivity contribution in [2.24, 2.45) is 0 Å². The van der Waals surface area contributed by atoms with E-state index >= 15 is 0 Å². The number of aromatic amines is 2. The van der Waals surface area contributed by atoms with E-state index in [4.69, 9.17) is 47.9 Å². The predicted octanol–water partition coefficient (Wildman–Crippen LogP) is 32.3. The monoisotopic (exact) mass is 1650 g/mol. The van der Waals surface area contributed by atoms with Crippen LogP contribution in [0.1, 0.15) is 22.8 Å². The highest BCUT2D eigenvalue weighted by atomic mass is 16.5. The van der Waals surface area contributed by atoms with Gasteiger partial charge in [-0.05, 0) is 261 Å². The smallest absolute Gasteiger partial charge is 0.131 e. The Bertz CT molecular complexity index is 6340. The molecular formula is C116H78N4O8. The van der Waals surface area contributed by atoms with Crippen LogP contribution in [-0.4, -0.2) is 19.9 Å². The van der Waals surface area contributed by atoms with Crippen LogP contribution in [0, 0.1) is 0 Å². The second-order valence-corrected chi connectivity index (χ2v) is 30.9. The number of nitrogens with zero attached hydrogens (tertiary/aromatic N) is 2. The van der Waals surface area contributed by atoms with Crippen LogP contribution in [0.15, 0.2) is 437 Å². The first-order valence-electron chi connectivity index (χ1n) is 42.3. The summed E-state index contributed by atoms with van der Waals surface area (Å²) >= 11 is 0. The molecule has 0 amide bonds. The maximum absolute atomic E-state index is 6.55. The molecule has 0 fully saturated rings. The van der Waals surface area contributed by atoms with Crippen LogP contribution in [0.25, 0.3) is 135 Å². The SMILES string of the molecule is C1=Cc2nc1c(-c1ccc(-c3cc(Oc4ccccc4)cc(Oc4ccccc4)c3)cc1)c1ccc([nH]1)c(-c1ccc(-c3cc(Oc4ccccc4)cc(Oc4ccccc4)c3)cc1)c1nc(c(-c3ccc(-c4cc(Oc5ccccc5)cc(Oc5ccccc5)c4)cc3)c3ccc([nH]3)c2-c2ccc(-c3cc(Oc4ccccc4)cc(Oc4ccccc4)c3)cc2)C=C1. The molecule has 0 spiro atoms. The molecule has 2 aliphatic heterocycles. The van der Waals surface area contributed by atoms with Crippen molar-refractivity contribution in [3.8, 4) is 181 Å². The van der Waals surface area contributed by atoms with Crippen molar-refractivity contribution in [2.45, 2.75) is 0 Å². The van der Waals surface area contributed by atoms with Crippen molar-refractivity contribution in [3.05, 3.63) is 460 Å². The summed E-state index contributed by atoms with van der Waals surface area (Å²) in [6, 6.07) is 146. The normalized spacial score (nSPS) is 11.4. The van der Waals surface area contributed by atoms with Crippen LogP contribution in [-0.2, 0) is 0 Å². The minimum absolute atomic E-state index is 0.628. The van der Waals surface area contributed by atoms with Gasteiger partial charge in [0.15, 0.2) is 0 Å². The molecule has 0 saturated heterocycles. The highest BCUT2D eigenvalue weighted by molar-refractivity contribution is 6.01. The zero-order valence-corrected chi connectivity index (χ0v) is 69.0. The third-order valence-electron chi connectivity index (χ3n) is 22.1. The molecule has 610 valence electrons. The number of benzene rings is 16. The summed E-state index contributed by atoms with van der Waals surface area (Å²) in [6.45, 7) is 0. The zero-order valence-electron chi connectivity index (χ0n) is 69.0. The van der Waals surface area contributed by atoms with E-state index in [2.05, 4.69) is 156 Å². The van der Waals surface area contributed by atoms with E-state index in [0.717, 1.165) is 134 Å². The second-order valence-electron chi connectivity index (χ2n) is 30.9. The van der Waals surface area contributed by atoms with Crippen LogP contribution in [0.5, 0.6) is 92.0 Å². The van der Waals surface area contributed by atoms with Crippen molar-refractivity contribution >= 4 is 46.4 Å². The molecule has 8 bridgehead atoms. The molecule has 12 nitrogen and oxygen atoms in total. The molecular weight excluding hydrogens is 1580 g/mol. The summed E-state index contributed by atoms with van der Waals surface area (Å²) in [4.78, 5) is 19.7. The molecule has 2 aliphatic rings. The van der Waals surface area contributed by atoms with E-state index < -0.39 is 0 Å². The maximum atomic E-state index is 6.55. The van der Waals surface area contributed by atoms with E-state index in [1.807, 2.05) is 315 Å². The van der Waals surface area contributed by atoms with Gasteiger partial charge < -0.3 is 47.9 Å². The third-order valence-corrected chi connectivity index (χ3v) is 22.1. The van der Waals surface area contributed by atoms with Gasteiger partial charge >= 0.3 is 0 Å². The van der Waals surface area contributed by atoms with Crippen molar-refractivity contribution < 1.29 is 37.9 Å². The fraction of sp³-hybridized carbons (Fsp3) is 0. The van der Waals surface area contributed by atoms with E-state index in [0.29, 0.717) is 92.0 Å². The van der Waals surface area contributed by atoms with Gasteiger partial charge in [-0.2, -0.15) is 0 Å². The highest BCUT2D eigenvalue weighted by Crippen LogP contribution is 2.46. The van der Waals surface area contributed by atoms with Crippen molar-refractivity contribution in [3.63, 3.8) is 0 Å². The average molecular weight is 1660 g/mol. The Morgan fingerprint density at radius 1 is 0.133 bits per heavy atom. The number of hydrogen-bond donors (Lipinski definition) is 2. The number of H-pyrrole nitrogens is 2. The van der Waals surface area contributed by atoms with Gasteiger partial charge in [0.1, 0.15) is 92.0 Å². The number of rotatable bonds is 24. The van der Waals surface area contributed by atoms with Crippen molar-refractivity contribution in [2.75, 3.05) is 0 Å². The van der Waals surface area contributed by atoms with Gasteiger partial charge in [-0.3, -0.25) is 0 Å². The largest absolute Gasteiger partial charge is 0.457 e. The molecule has 128 heavy (non-hydrogen) atoms. The Hall–Kier alpha value is -17.5. The van der Waals surface area contributed by atoms with Crippen LogP contribution in [0.3, 0.4) is 0 Å². The Balaban J connectivity index is 0.753. The highest BCUT2D eigenvalue weighted by Gasteiger charge is 2.23. The standard InChI is InChI=1S/C116H78N4O8/c1-9-25-89(26-10-1)121-97-65-85(66-98(73-97)122-90-27-11-2-12-28-90)77-41-49-81(50-42-77)113-105-57-59-107(117-105)114(82-51-43-78(44-52-82)86-67-99(123-91-29-13-3-14-30-91)74-100(68-86)124-92-31-15-4-16-32-92)109-61-63-111(119-109)116(84-55-47-80(48-56-84)88-71-103(127-95-37-21-7-22-38-95)76-104(72-88)128-96-39-23-8-24-40-96)112-64-62-110(120-112)115(108-60-58-106(113)118-108)83-53-45-79(46-54-83)87-69-101(125-93-33-17-5-18-34-93)75-102(70-87)126-94-35-19-6-20-36-94/h1-76,117,120H. The summed E-state index contributed by atoms with van der Waals surface area (Å²) in [7, 11) is 0. The van der Waals surface area contributed by atoms with Crippen LogP contribution >= 0.6 is 0 Å². The molecule has 2 N–H and O–H groups in total. The first-order chi connectivity index (χ1) is 63.3. The Labute approximate surface area is 740 Å². The summed E-state index contributed by atoms with van der Waals surface area (Å²) in [5.41, 5.74) is 20.8. The molecule has 0 atom stereocenters. The van der Waals surface area contributed by atoms with Crippen LogP contribution < -0.4 is 37.9 Å². The fourth-order valence-corrected chi connectivity index (χ4v) is 16.2. The van der Waals surface area contributed by atoms with Gasteiger partial charge in [-0.15, -0.1) is 0 Å². The first kappa shape index (κ1) is 77.8. The van der Waals surface area contributed by atoms with Crippen LogP contribution in [0.2, 0.25) is 0 Å². The van der Waals surface area contributed by atoms with Gasteiger partial charge in [-0.1, -0.05) is 243 Å². The lowest BCUT2D eigenvalue weighted by Crippen LogP contribution is -1.91. The number of aromatic nitrogens is 4. The van der Waals surface area contributed by atoms with Gasteiger partial charge in [0.25, 0.3) is 0 Å². The molecule has 12 heteroatoms. The van der Waals surface area contributed by atoms with Gasteiger partial charge in [0.05, 0.1) is 22.8 Å². The van der Waals surface area contributed by atoms with Gasteiger partial charge in [-0.25, -0.2) is 9.97 Å². The average Bonchev–Trinajstić information content (AvgIpc) is 1.61. The molecule has 3 aromatic heterocycles.